The number of hydrogen-bond donors (Lipinski definition) is 0. The van der Waals surface area contributed by atoms with Crippen LogP contribution in [0.15, 0.2) is 25.3 Å². The largest absolute Gasteiger partial charge is 0.381 e. The zero-order valence-corrected chi connectivity index (χ0v) is 8.66. The third kappa shape index (κ3) is 5.61. The SMILES string of the molecule is C=CCC(CC(CC=C)OC)OC. The molecule has 2 nitrogen and oxygen atoms in total. The summed E-state index contributed by atoms with van der Waals surface area (Å²) < 4.78 is 10.6. The van der Waals surface area contributed by atoms with Crippen molar-refractivity contribution in [2.24, 2.45) is 0 Å². The second-order valence-corrected chi connectivity index (χ2v) is 3.00. The van der Waals surface area contributed by atoms with Gasteiger partial charge in [0, 0.05) is 20.6 Å². The van der Waals surface area contributed by atoms with E-state index < -0.39 is 0 Å². The van der Waals surface area contributed by atoms with Gasteiger partial charge in [-0.05, 0) is 12.8 Å². The van der Waals surface area contributed by atoms with E-state index in [2.05, 4.69) is 13.2 Å². The fourth-order valence-electron chi connectivity index (χ4n) is 1.24. The first-order chi connectivity index (χ1) is 6.28. The molecule has 2 heteroatoms. The van der Waals surface area contributed by atoms with Gasteiger partial charge in [0.15, 0.2) is 0 Å². The Morgan fingerprint density at radius 3 is 1.62 bits per heavy atom. The van der Waals surface area contributed by atoms with E-state index in [1.54, 1.807) is 14.2 Å². The van der Waals surface area contributed by atoms with E-state index in [9.17, 15) is 0 Å². The first-order valence-electron chi connectivity index (χ1n) is 4.55. The standard InChI is InChI=1S/C11H20O2/c1-5-7-10(12-3)9-11(13-4)8-6-2/h5-6,10-11H,1-2,7-9H2,3-4H3. The molecule has 0 saturated heterocycles. The molecule has 0 amide bonds. The van der Waals surface area contributed by atoms with Gasteiger partial charge >= 0.3 is 0 Å². The average molecular weight is 184 g/mol. The summed E-state index contributed by atoms with van der Waals surface area (Å²) in [6.45, 7) is 7.37. The number of methoxy groups -OCH3 is 2. The zero-order valence-electron chi connectivity index (χ0n) is 8.66. The molecule has 2 unspecified atom stereocenters. The third-order valence-corrected chi connectivity index (χ3v) is 2.05. The lowest BCUT2D eigenvalue weighted by atomic mass is 10.1. The van der Waals surface area contributed by atoms with Gasteiger partial charge in [0.25, 0.3) is 0 Å². The quantitative estimate of drug-likeness (QED) is 0.540. The molecule has 0 aliphatic rings. The van der Waals surface area contributed by atoms with Gasteiger partial charge in [-0.1, -0.05) is 12.2 Å². The highest BCUT2D eigenvalue weighted by atomic mass is 16.5. The Hall–Kier alpha value is -0.600. The molecular formula is C11H20O2. The van der Waals surface area contributed by atoms with Crippen LogP contribution in [0.3, 0.4) is 0 Å². The molecule has 0 spiro atoms. The molecule has 13 heavy (non-hydrogen) atoms. The van der Waals surface area contributed by atoms with E-state index in [-0.39, 0.29) is 12.2 Å². The van der Waals surface area contributed by atoms with E-state index in [0.717, 1.165) is 19.3 Å². The van der Waals surface area contributed by atoms with Crippen LogP contribution in [0, 0.1) is 0 Å². The Bertz CT molecular complexity index is 127. The Labute approximate surface area is 81.2 Å². The Morgan fingerprint density at radius 2 is 1.38 bits per heavy atom. The fraction of sp³-hybridized carbons (Fsp3) is 0.636. The molecule has 0 aromatic carbocycles. The summed E-state index contributed by atoms with van der Waals surface area (Å²) in [6, 6.07) is 0. The highest BCUT2D eigenvalue weighted by Crippen LogP contribution is 2.12. The van der Waals surface area contributed by atoms with Crippen molar-refractivity contribution in [1.82, 2.24) is 0 Å². The van der Waals surface area contributed by atoms with Crippen molar-refractivity contribution in [2.75, 3.05) is 14.2 Å². The van der Waals surface area contributed by atoms with Gasteiger partial charge in [-0.3, -0.25) is 0 Å². The molecule has 0 fully saturated rings. The second-order valence-electron chi connectivity index (χ2n) is 3.00. The van der Waals surface area contributed by atoms with Crippen LogP contribution in [-0.2, 0) is 9.47 Å². The van der Waals surface area contributed by atoms with Crippen LogP contribution in [0.2, 0.25) is 0 Å². The fourth-order valence-corrected chi connectivity index (χ4v) is 1.24. The van der Waals surface area contributed by atoms with Crippen molar-refractivity contribution in [2.45, 2.75) is 31.5 Å². The minimum Gasteiger partial charge on any atom is -0.381 e. The molecule has 76 valence electrons. The Balaban J connectivity index is 3.85. The van der Waals surface area contributed by atoms with Crippen molar-refractivity contribution < 1.29 is 9.47 Å². The van der Waals surface area contributed by atoms with E-state index in [0.29, 0.717) is 0 Å². The van der Waals surface area contributed by atoms with Crippen molar-refractivity contribution in [1.29, 1.82) is 0 Å². The molecule has 0 aromatic heterocycles. The predicted molar refractivity (Wildman–Crippen MR) is 55.8 cm³/mol. The molecule has 0 aliphatic heterocycles. The molecule has 0 heterocycles. The first kappa shape index (κ1) is 12.4. The zero-order chi connectivity index (χ0) is 10.1. The Kier molecular flexibility index (Phi) is 7.65. The molecule has 0 saturated carbocycles. The van der Waals surface area contributed by atoms with Gasteiger partial charge in [0.1, 0.15) is 0 Å². The Morgan fingerprint density at radius 1 is 1.00 bits per heavy atom. The lowest BCUT2D eigenvalue weighted by Gasteiger charge is -2.19. The van der Waals surface area contributed by atoms with Gasteiger partial charge in [-0.2, -0.15) is 0 Å². The predicted octanol–water partition coefficient (Wildman–Crippen LogP) is 2.56. The van der Waals surface area contributed by atoms with E-state index in [1.807, 2.05) is 12.2 Å². The molecule has 0 radical (unpaired) electrons. The van der Waals surface area contributed by atoms with Crippen LogP contribution in [0.25, 0.3) is 0 Å². The summed E-state index contributed by atoms with van der Waals surface area (Å²) in [7, 11) is 3.43. The van der Waals surface area contributed by atoms with E-state index in [1.165, 1.54) is 0 Å². The summed E-state index contributed by atoms with van der Waals surface area (Å²) in [5.74, 6) is 0. The minimum atomic E-state index is 0.211. The average Bonchev–Trinajstić information content (AvgIpc) is 2.16. The number of rotatable bonds is 8. The van der Waals surface area contributed by atoms with Gasteiger partial charge < -0.3 is 9.47 Å². The monoisotopic (exact) mass is 184 g/mol. The topological polar surface area (TPSA) is 18.5 Å². The molecule has 0 aliphatic carbocycles. The van der Waals surface area contributed by atoms with Crippen LogP contribution < -0.4 is 0 Å². The summed E-state index contributed by atoms with van der Waals surface area (Å²) in [6.07, 6.45) is 6.79. The molecule has 0 bridgehead atoms. The second kappa shape index (κ2) is 8.02. The molecule has 0 aromatic rings. The van der Waals surface area contributed by atoms with Crippen LogP contribution in [-0.4, -0.2) is 26.4 Å². The maximum absolute atomic E-state index is 5.28. The van der Waals surface area contributed by atoms with Crippen molar-refractivity contribution >= 4 is 0 Å². The van der Waals surface area contributed by atoms with Crippen LogP contribution >= 0.6 is 0 Å². The van der Waals surface area contributed by atoms with Gasteiger partial charge in [-0.15, -0.1) is 13.2 Å². The van der Waals surface area contributed by atoms with Crippen molar-refractivity contribution in [3.63, 3.8) is 0 Å². The summed E-state index contributed by atoms with van der Waals surface area (Å²) >= 11 is 0. The highest BCUT2D eigenvalue weighted by molar-refractivity contribution is 4.79. The first-order valence-corrected chi connectivity index (χ1v) is 4.55. The van der Waals surface area contributed by atoms with Gasteiger partial charge in [0.2, 0.25) is 0 Å². The van der Waals surface area contributed by atoms with E-state index >= 15 is 0 Å². The van der Waals surface area contributed by atoms with Crippen molar-refractivity contribution in [3.8, 4) is 0 Å². The minimum absolute atomic E-state index is 0.211. The summed E-state index contributed by atoms with van der Waals surface area (Å²) in [5, 5.41) is 0. The number of hydrogen-bond acceptors (Lipinski definition) is 2. The molecule has 0 rings (SSSR count). The lowest BCUT2D eigenvalue weighted by molar-refractivity contribution is 0.0255. The summed E-state index contributed by atoms with van der Waals surface area (Å²) in [4.78, 5) is 0. The molecule has 0 N–H and O–H groups in total. The van der Waals surface area contributed by atoms with Crippen LogP contribution in [0.4, 0.5) is 0 Å². The highest BCUT2D eigenvalue weighted by Gasteiger charge is 2.12. The van der Waals surface area contributed by atoms with Crippen LogP contribution in [0.5, 0.6) is 0 Å². The smallest absolute Gasteiger partial charge is 0.0630 e. The number of ether oxygens (including phenoxy) is 2. The van der Waals surface area contributed by atoms with Crippen molar-refractivity contribution in [3.05, 3.63) is 25.3 Å². The molecule has 2 atom stereocenters. The molecular weight excluding hydrogens is 164 g/mol. The maximum Gasteiger partial charge on any atom is 0.0630 e. The third-order valence-electron chi connectivity index (χ3n) is 2.05. The van der Waals surface area contributed by atoms with Gasteiger partial charge in [-0.25, -0.2) is 0 Å². The normalized spacial score (nSPS) is 14.9. The lowest BCUT2D eigenvalue weighted by Crippen LogP contribution is -2.20. The maximum atomic E-state index is 5.28. The van der Waals surface area contributed by atoms with Crippen LogP contribution in [0.1, 0.15) is 19.3 Å². The summed E-state index contributed by atoms with van der Waals surface area (Å²) in [5.41, 5.74) is 0. The van der Waals surface area contributed by atoms with Gasteiger partial charge in [0.05, 0.1) is 12.2 Å². The van der Waals surface area contributed by atoms with E-state index in [4.69, 9.17) is 9.47 Å².